The molecule has 1 aliphatic carbocycles. The Hall–Kier alpha value is -1.84. The number of amides is 1. The molecule has 1 atom stereocenters. The molecular weight excluding hydrogens is 478 g/mol. The molecule has 3 rings (SSSR count). The lowest BCUT2D eigenvalue weighted by atomic mass is 9.98. The smallest absolute Gasteiger partial charge is 0.225 e. The lowest BCUT2D eigenvalue weighted by Gasteiger charge is -2.32. The second-order valence-corrected chi connectivity index (χ2v) is 10.6. The van der Waals surface area contributed by atoms with Crippen molar-refractivity contribution in [3.63, 3.8) is 0 Å². The summed E-state index contributed by atoms with van der Waals surface area (Å²) in [6.07, 6.45) is 9.45. The molecular formula is C30H55N5O3. The molecule has 1 aliphatic heterocycles. The number of aryl methyl sites for hydroxylation is 1. The Balaban J connectivity index is 0.00000107. The summed E-state index contributed by atoms with van der Waals surface area (Å²) in [6.45, 7) is 16.3. The van der Waals surface area contributed by atoms with Crippen LogP contribution in [0.1, 0.15) is 83.3 Å². The second kappa shape index (κ2) is 21.0. The predicted molar refractivity (Wildman–Crippen MR) is 158 cm³/mol. The quantitative estimate of drug-likeness (QED) is 0.173. The number of nitrogens with one attached hydrogen (secondary N) is 4. The summed E-state index contributed by atoms with van der Waals surface area (Å²) in [7, 11) is 0. The van der Waals surface area contributed by atoms with Crippen LogP contribution in [0.25, 0.3) is 0 Å². The molecule has 218 valence electrons. The van der Waals surface area contributed by atoms with Crippen LogP contribution in [0.2, 0.25) is 0 Å². The third-order valence-corrected chi connectivity index (χ3v) is 7.10. The average molecular weight is 534 g/mol. The highest BCUT2D eigenvalue weighted by Crippen LogP contribution is 2.27. The van der Waals surface area contributed by atoms with Crippen molar-refractivity contribution in [2.45, 2.75) is 91.8 Å². The molecule has 1 saturated carbocycles. The number of hydrogen-bond donors (Lipinski definition) is 5. The van der Waals surface area contributed by atoms with E-state index < -0.39 is 0 Å². The molecule has 8 heteroatoms. The topological polar surface area (TPSA) is 106 Å². The average Bonchev–Trinajstić information content (AvgIpc) is 3.71. The number of benzene rings is 1. The second-order valence-electron chi connectivity index (χ2n) is 10.6. The van der Waals surface area contributed by atoms with Gasteiger partial charge in [0.1, 0.15) is 6.79 Å². The summed E-state index contributed by atoms with van der Waals surface area (Å²) in [5.41, 5.74) is 3.20. The van der Waals surface area contributed by atoms with Gasteiger partial charge < -0.3 is 25.9 Å². The summed E-state index contributed by atoms with van der Waals surface area (Å²) in [6, 6.07) is 6.27. The van der Waals surface area contributed by atoms with Crippen molar-refractivity contribution in [3.05, 3.63) is 29.3 Å². The van der Waals surface area contributed by atoms with Crippen LogP contribution in [0.5, 0.6) is 0 Å². The van der Waals surface area contributed by atoms with E-state index in [1.54, 1.807) is 11.8 Å². The van der Waals surface area contributed by atoms with Crippen LogP contribution < -0.4 is 26.2 Å². The third-order valence-electron chi connectivity index (χ3n) is 7.10. The van der Waals surface area contributed by atoms with Gasteiger partial charge >= 0.3 is 0 Å². The summed E-state index contributed by atoms with van der Waals surface area (Å²) in [5, 5.41) is 22.9. The van der Waals surface area contributed by atoms with Crippen LogP contribution in [-0.4, -0.2) is 63.4 Å². The van der Waals surface area contributed by atoms with Gasteiger partial charge in [-0.2, -0.15) is 0 Å². The Morgan fingerprint density at radius 2 is 1.76 bits per heavy atom. The van der Waals surface area contributed by atoms with E-state index in [1.165, 1.54) is 57.2 Å². The van der Waals surface area contributed by atoms with Gasteiger partial charge in [-0.05, 0) is 101 Å². The zero-order valence-corrected chi connectivity index (χ0v) is 24.5. The highest BCUT2D eigenvalue weighted by Gasteiger charge is 2.23. The number of aliphatic hydroxyl groups excluding tert-OH is 1. The highest BCUT2D eigenvalue weighted by atomic mass is 16.3. The maximum absolute atomic E-state index is 12.4. The van der Waals surface area contributed by atoms with Crippen molar-refractivity contribution >= 4 is 18.4 Å². The Morgan fingerprint density at radius 1 is 1.13 bits per heavy atom. The van der Waals surface area contributed by atoms with E-state index in [1.807, 2.05) is 19.8 Å². The molecule has 0 bridgehead atoms. The molecule has 1 aromatic carbocycles. The molecule has 38 heavy (non-hydrogen) atoms. The molecule has 8 nitrogen and oxygen atoms in total. The van der Waals surface area contributed by atoms with Gasteiger partial charge in [-0.3, -0.25) is 15.0 Å². The highest BCUT2D eigenvalue weighted by molar-refractivity contribution is 5.92. The monoisotopic (exact) mass is 533 g/mol. The molecule has 2 aliphatic rings. The molecule has 1 heterocycles. The van der Waals surface area contributed by atoms with Crippen LogP contribution >= 0.6 is 0 Å². The standard InChI is InChI=1S/C25H45N5O2.C4H8.CH2O/c1-4-7-25(29-19-31)30(21(3)32)24-9-8-23(16-20(24)2)18-28-13-6-5-12-27-17-22-10-14-26-15-11-22;1-4-2-3-4;1-2/h8-9,16,22,25-29,31H,4-7,10-15,17-19H2,1-3H3;4H,2-3H2,1H3;1H2. The van der Waals surface area contributed by atoms with E-state index in [9.17, 15) is 9.90 Å². The normalized spacial score (nSPS) is 16.0. The Morgan fingerprint density at radius 3 is 2.29 bits per heavy atom. The fraction of sp³-hybridized carbons (Fsp3) is 0.733. The first-order valence-corrected chi connectivity index (χ1v) is 14.6. The SMILES string of the molecule is C=O.CC1CC1.CCCC(NCO)N(C(C)=O)c1ccc(CNCCCCNCC2CCNCC2)cc1C. The first-order valence-electron chi connectivity index (χ1n) is 14.6. The maximum atomic E-state index is 12.4. The number of anilines is 1. The van der Waals surface area contributed by atoms with E-state index in [-0.39, 0.29) is 18.8 Å². The number of hydrogen-bond acceptors (Lipinski definition) is 7. The van der Waals surface area contributed by atoms with Gasteiger partial charge in [-0.1, -0.05) is 45.2 Å². The van der Waals surface area contributed by atoms with E-state index >= 15 is 0 Å². The number of aliphatic hydroxyl groups is 1. The summed E-state index contributed by atoms with van der Waals surface area (Å²) in [4.78, 5) is 22.1. The van der Waals surface area contributed by atoms with E-state index in [0.717, 1.165) is 62.1 Å². The van der Waals surface area contributed by atoms with Crippen LogP contribution in [0, 0.1) is 18.8 Å². The minimum atomic E-state index is -0.200. The van der Waals surface area contributed by atoms with Crippen molar-refractivity contribution in [1.82, 2.24) is 21.3 Å². The van der Waals surface area contributed by atoms with Gasteiger partial charge in [0.2, 0.25) is 5.91 Å². The zero-order chi connectivity index (χ0) is 28.2. The van der Waals surface area contributed by atoms with E-state index in [2.05, 4.69) is 47.2 Å². The van der Waals surface area contributed by atoms with Crippen molar-refractivity contribution in [2.24, 2.45) is 11.8 Å². The Kier molecular flexibility index (Phi) is 18.9. The molecule has 0 radical (unpaired) electrons. The van der Waals surface area contributed by atoms with Crippen molar-refractivity contribution in [1.29, 1.82) is 0 Å². The lowest BCUT2D eigenvalue weighted by molar-refractivity contribution is -0.117. The van der Waals surface area contributed by atoms with Crippen molar-refractivity contribution < 1.29 is 14.7 Å². The zero-order valence-electron chi connectivity index (χ0n) is 24.5. The molecule has 0 spiro atoms. The number of unbranched alkanes of at least 4 members (excludes halogenated alkanes) is 1. The van der Waals surface area contributed by atoms with Gasteiger partial charge in [-0.15, -0.1) is 0 Å². The van der Waals surface area contributed by atoms with Gasteiger partial charge in [0, 0.05) is 19.2 Å². The first kappa shape index (κ1) is 34.2. The Labute approximate surface area is 231 Å². The molecule has 1 saturated heterocycles. The predicted octanol–water partition coefficient (Wildman–Crippen LogP) is 3.70. The van der Waals surface area contributed by atoms with Gasteiger partial charge in [0.15, 0.2) is 0 Å². The van der Waals surface area contributed by atoms with Crippen LogP contribution in [0.4, 0.5) is 5.69 Å². The van der Waals surface area contributed by atoms with Gasteiger partial charge in [0.05, 0.1) is 12.9 Å². The van der Waals surface area contributed by atoms with Crippen LogP contribution in [0.15, 0.2) is 18.2 Å². The summed E-state index contributed by atoms with van der Waals surface area (Å²) >= 11 is 0. The molecule has 1 unspecified atom stereocenters. The number of carbonyl (C=O) groups excluding carboxylic acids is 2. The number of nitrogens with zero attached hydrogens (tertiary/aromatic N) is 1. The fourth-order valence-electron chi connectivity index (χ4n) is 4.65. The lowest BCUT2D eigenvalue weighted by Crippen LogP contribution is -2.49. The molecule has 2 fully saturated rings. The largest absolute Gasteiger partial charge is 0.381 e. The summed E-state index contributed by atoms with van der Waals surface area (Å²) < 4.78 is 0. The Bertz CT molecular complexity index is 747. The van der Waals surface area contributed by atoms with E-state index in [4.69, 9.17) is 4.79 Å². The maximum Gasteiger partial charge on any atom is 0.225 e. The van der Waals surface area contributed by atoms with Crippen molar-refractivity contribution in [3.8, 4) is 0 Å². The molecule has 1 aromatic rings. The minimum Gasteiger partial charge on any atom is -0.381 e. The molecule has 5 N–H and O–H groups in total. The third kappa shape index (κ3) is 14.4. The van der Waals surface area contributed by atoms with Gasteiger partial charge in [-0.25, -0.2) is 0 Å². The summed E-state index contributed by atoms with van der Waals surface area (Å²) in [5.74, 6) is 1.91. The number of carbonyl (C=O) groups is 2. The molecule has 1 amide bonds. The minimum absolute atomic E-state index is 0.0212. The first-order chi connectivity index (χ1) is 18.5. The molecule has 0 aromatic heterocycles. The van der Waals surface area contributed by atoms with Crippen LogP contribution in [0.3, 0.4) is 0 Å². The number of rotatable bonds is 15. The van der Waals surface area contributed by atoms with Gasteiger partial charge in [0.25, 0.3) is 0 Å². The number of piperidine rings is 1. The van der Waals surface area contributed by atoms with E-state index in [0.29, 0.717) is 0 Å². The van der Waals surface area contributed by atoms with Crippen LogP contribution in [-0.2, 0) is 16.1 Å². The fourth-order valence-corrected chi connectivity index (χ4v) is 4.65. The van der Waals surface area contributed by atoms with Crippen molar-refractivity contribution in [2.75, 3.05) is 44.4 Å².